The molecule has 3 aromatic rings. The third-order valence-corrected chi connectivity index (χ3v) is 3.59. The van der Waals surface area contributed by atoms with Crippen molar-refractivity contribution in [1.82, 2.24) is 14.5 Å². The Balaban J connectivity index is 1.77. The van der Waals surface area contributed by atoms with E-state index in [2.05, 4.69) is 31.2 Å². The third-order valence-electron chi connectivity index (χ3n) is 3.16. The molecule has 0 aromatic carbocycles. The molecule has 0 atom stereocenters. The second-order valence-electron chi connectivity index (χ2n) is 4.77. The van der Waals surface area contributed by atoms with Crippen molar-refractivity contribution in [3.05, 3.63) is 70.7 Å². The average molecular weight is 357 g/mol. The van der Waals surface area contributed by atoms with Gasteiger partial charge < -0.3 is 9.88 Å². The van der Waals surface area contributed by atoms with E-state index in [0.29, 0.717) is 11.4 Å². The summed E-state index contributed by atoms with van der Waals surface area (Å²) in [5, 5.41) is 2.79. The van der Waals surface area contributed by atoms with E-state index in [-0.39, 0.29) is 5.91 Å². The highest BCUT2D eigenvalue weighted by molar-refractivity contribution is 9.10. The van der Waals surface area contributed by atoms with Crippen LogP contribution in [-0.2, 0) is 0 Å². The molecule has 0 fully saturated rings. The standard InChI is InChI=1S/C16H13BrN4O/c1-11-8-13(17)10-19-15(11)20-16(22)12-4-5-14(18-9-12)21-6-2-3-7-21/h2-10H,1H3,(H,19,20,22). The van der Waals surface area contributed by atoms with E-state index in [4.69, 9.17) is 0 Å². The summed E-state index contributed by atoms with van der Waals surface area (Å²) in [4.78, 5) is 20.7. The predicted octanol–water partition coefficient (Wildman–Crippen LogP) is 3.59. The molecule has 110 valence electrons. The first kappa shape index (κ1) is 14.5. The van der Waals surface area contributed by atoms with Crippen LogP contribution in [-0.4, -0.2) is 20.4 Å². The first-order chi connectivity index (χ1) is 10.6. The van der Waals surface area contributed by atoms with Gasteiger partial charge in [0.15, 0.2) is 0 Å². The smallest absolute Gasteiger partial charge is 0.258 e. The highest BCUT2D eigenvalue weighted by atomic mass is 79.9. The maximum absolute atomic E-state index is 12.2. The number of anilines is 1. The molecule has 0 unspecified atom stereocenters. The molecule has 0 saturated carbocycles. The van der Waals surface area contributed by atoms with Crippen molar-refractivity contribution in [2.24, 2.45) is 0 Å². The summed E-state index contributed by atoms with van der Waals surface area (Å²) in [7, 11) is 0. The number of hydrogen-bond donors (Lipinski definition) is 1. The van der Waals surface area contributed by atoms with Crippen LogP contribution in [0.2, 0.25) is 0 Å². The molecule has 3 aromatic heterocycles. The molecule has 3 heterocycles. The number of aromatic nitrogens is 3. The summed E-state index contributed by atoms with van der Waals surface area (Å²) in [6.45, 7) is 1.89. The van der Waals surface area contributed by atoms with Crippen LogP contribution in [0.15, 0.2) is 59.6 Å². The van der Waals surface area contributed by atoms with Gasteiger partial charge in [-0.2, -0.15) is 0 Å². The molecule has 0 saturated heterocycles. The normalized spacial score (nSPS) is 10.5. The zero-order valence-electron chi connectivity index (χ0n) is 11.8. The van der Waals surface area contributed by atoms with Crippen LogP contribution in [0.25, 0.3) is 5.82 Å². The maximum atomic E-state index is 12.2. The molecule has 6 heteroatoms. The van der Waals surface area contributed by atoms with Gasteiger partial charge in [-0.15, -0.1) is 0 Å². The Kier molecular flexibility index (Phi) is 4.02. The van der Waals surface area contributed by atoms with Crippen molar-refractivity contribution in [2.75, 3.05) is 5.32 Å². The molecule has 3 rings (SSSR count). The van der Waals surface area contributed by atoms with Crippen molar-refractivity contribution in [2.45, 2.75) is 6.92 Å². The molecular formula is C16H13BrN4O. The minimum Gasteiger partial charge on any atom is -0.309 e. The number of halogens is 1. The van der Waals surface area contributed by atoms with Gasteiger partial charge in [0, 0.05) is 29.3 Å². The Hall–Kier alpha value is -2.47. The lowest BCUT2D eigenvalue weighted by Crippen LogP contribution is -2.14. The summed E-state index contributed by atoms with van der Waals surface area (Å²) in [6.07, 6.45) is 7.00. The van der Waals surface area contributed by atoms with E-state index in [0.717, 1.165) is 15.9 Å². The first-order valence-electron chi connectivity index (χ1n) is 6.66. The molecular weight excluding hydrogens is 344 g/mol. The molecule has 0 radical (unpaired) electrons. The van der Waals surface area contributed by atoms with E-state index in [1.165, 1.54) is 0 Å². The average Bonchev–Trinajstić information content (AvgIpc) is 3.04. The highest BCUT2D eigenvalue weighted by Crippen LogP contribution is 2.17. The Morgan fingerprint density at radius 2 is 1.95 bits per heavy atom. The third kappa shape index (κ3) is 3.07. The van der Waals surface area contributed by atoms with Crippen molar-refractivity contribution in [3.63, 3.8) is 0 Å². The number of aryl methyl sites for hydroxylation is 1. The number of hydrogen-bond acceptors (Lipinski definition) is 3. The van der Waals surface area contributed by atoms with Crippen LogP contribution in [0, 0.1) is 6.92 Å². The highest BCUT2D eigenvalue weighted by Gasteiger charge is 2.10. The van der Waals surface area contributed by atoms with Crippen LogP contribution in [0.5, 0.6) is 0 Å². The molecule has 22 heavy (non-hydrogen) atoms. The first-order valence-corrected chi connectivity index (χ1v) is 7.46. The minimum absolute atomic E-state index is 0.232. The largest absolute Gasteiger partial charge is 0.309 e. The quantitative estimate of drug-likeness (QED) is 0.779. The van der Waals surface area contributed by atoms with Crippen LogP contribution >= 0.6 is 15.9 Å². The number of amides is 1. The van der Waals surface area contributed by atoms with Crippen molar-refractivity contribution >= 4 is 27.7 Å². The number of nitrogens with one attached hydrogen (secondary N) is 1. The van der Waals surface area contributed by atoms with Gasteiger partial charge >= 0.3 is 0 Å². The molecule has 0 aliphatic carbocycles. The second-order valence-corrected chi connectivity index (χ2v) is 5.68. The Bertz CT molecular complexity index is 798. The van der Waals surface area contributed by atoms with E-state index in [9.17, 15) is 4.79 Å². The fourth-order valence-electron chi connectivity index (χ4n) is 2.01. The Labute approximate surface area is 136 Å². The number of nitrogens with zero attached hydrogens (tertiary/aromatic N) is 3. The monoisotopic (exact) mass is 356 g/mol. The lowest BCUT2D eigenvalue weighted by atomic mass is 10.2. The van der Waals surface area contributed by atoms with Crippen LogP contribution < -0.4 is 5.32 Å². The lowest BCUT2D eigenvalue weighted by molar-refractivity contribution is 0.102. The Morgan fingerprint density at radius 3 is 2.59 bits per heavy atom. The molecule has 1 amide bonds. The number of rotatable bonds is 3. The van der Waals surface area contributed by atoms with Gasteiger partial charge in [0.05, 0.1) is 5.56 Å². The zero-order chi connectivity index (χ0) is 15.5. The fourth-order valence-corrected chi connectivity index (χ4v) is 2.46. The van der Waals surface area contributed by atoms with E-state index < -0.39 is 0 Å². The molecule has 0 aliphatic heterocycles. The summed E-state index contributed by atoms with van der Waals surface area (Å²) < 4.78 is 2.75. The predicted molar refractivity (Wildman–Crippen MR) is 88.2 cm³/mol. The van der Waals surface area contributed by atoms with Gasteiger partial charge in [-0.3, -0.25) is 4.79 Å². The van der Waals surface area contributed by atoms with E-state index in [1.54, 1.807) is 24.5 Å². The summed E-state index contributed by atoms with van der Waals surface area (Å²) in [6, 6.07) is 9.28. The number of pyridine rings is 2. The molecule has 0 spiro atoms. The van der Waals surface area contributed by atoms with Crippen molar-refractivity contribution in [1.29, 1.82) is 0 Å². The topological polar surface area (TPSA) is 59.8 Å². The lowest BCUT2D eigenvalue weighted by Gasteiger charge is -2.08. The van der Waals surface area contributed by atoms with E-state index in [1.807, 2.05) is 42.1 Å². The molecule has 1 N–H and O–H groups in total. The van der Waals surface area contributed by atoms with Gasteiger partial charge in [0.25, 0.3) is 5.91 Å². The second kappa shape index (κ2) is 6.11. The fraction of sp³-hybridized carbons (Fsp3) is 0.0625. The van der Waals surface area contributed by atoms with Crippen LogP contribution in [0.3, 0.4) is 0 Å². The minimum atomic E-state index is -0.232. The van der Waals surface area contributed by atoms with Gasteiger partial charge in [-0.1, -0.05) is 0 Å². The maximum Gasteiger partial charge on any atom is 0.258 e. The van der Waals surface area contributed by atoms with Crippen LogP contribution in [0.4, 0.5) is 5.82 Å². The van der Waals surface area contributed by atoms with Crippen molar-refractivity contribution in [3.8, 4) is 5.82 Å². The van der Waals surface area contributed by atoms with Gasteiger partial charge in [-0.05, 0) is 58.7 Å². The summed E-state index contributed by atoms with van der Waals surface area (Å²) >= 11 is 3.35. The van der Waals surface area contributed by atoms with E-state index >= 15 is 0 Å². The SMILES string of the molecule is Cc1cc(Br)cnc1NC(=O)c1ccc(-n2cccc2)nc1. The summed E-state index contributed by atoms with van der Waals surface area (Å²) in [5.74, 6) is 1.08. The molecule has 0 bridgehead atoms. The zero-order valence-corrected chi connectivity index (χ0v) is 13.4. The van der Waals surface area contributed by atoms with Gasteiger partial charge in [0.1, 0.15) is 11.6 Å². The Morgan fingerprint density at radius 1 is 1.18 bits per heavy atom. The molecule has 0 aliphatic rings. The van der Waals surface area contributed by atoms with Crippen molar-refractivity contribution < 1.29 is 4.79 Å². The number of carbonyl (C=O) groups excluding carboxylic acids is 1. The van der Waals surface area contributed by atoms with Gasteiger partial charge in [-0.25, -0.2) is 9.97 Å². The summed E-state index contributed by atoms with van der Waals surface area (Å²) in [5.41, 5.74) is 1.37. The number of carbonyl (C=O) groups is 1. The van der Waals surface area contributed by atoms with Crippen LogP contribution in [0.1, 0.15) is 15.9 Å². The molecule has 5 nitrogen and oxygen atoms in total. The van der Waals surface area contributed by atoms with Gasteiger partial charge in [0.2, 0.25) is 0 Å².